The second-order valence-corrected chi connectivity index (χ2v) is 11.2. The van der Waals surface area contributed by atoms with E-state index in [9.17, 15) is 5.11 Å². The quantitative estimate of drug-likeness (QED) is 0.192. The number of hydrogen-bond acceptors (Lipinski definition) is 9. The van der Waals surface area contributed by atoms with Crippen LogP contribution in [0.4, 0.5) is 0 Å². The second-order valence-electron chi connectivity index (χ2n) is 11.2. The molecule has 6 aromatic rings. The topological polar surface area (TPSA) is 101 Å². The maximum Gasteiger partial charge on any atom is 0.123 e. The van der Waals surface area contributed by atoms with Crippen LogP contribution in [0.1, 0.15) is 5.56 Å². The summed E-state index contributed by atoms with van der Waals surface area (Å²) in [4.78, 5) is 10.1. The molecule has 0 atom stereocenters. The highest BCUT2D eigenvalue weighted by Gasteiger charge is 2.10. The zero-order valence-corrected chi connectivity index (χ0v) is 26.5. The summed E-state index contributed by atoms with van der Waals surface area (Å²) in [5.74, 6) is 2.70. The molecule has 0 unspecified atom stereocenters. The predicted octanol–water partition coefficient (Wildman–Crippen LogP) is 6.87. The molecule has 1 N–H and O–H groups in total. The summed E-state index contributed by atoms with van der Waals surface area (Å²) in [6, 6.07) is 33.6. The minimum Gasteiger partial charge on any atom is -0.491 e. The summed E-state index contributed by atoms with van der Waals surface area (Å²) < 4.78 is 34.9. The second kappa shape index (κ2) is 15.1. The Hall–Kier alpha value is -5.22. The molecular weight excluding hydrogens is 608 g/mol. The molecule has 0 radical (unpaired) electrons. The van der Waals surface area contributed by atoms with E-state index in [-0.39, 0.29) is 6.61 Å². The molecule has 3 aliphatic heterocycles. The van der Waals surface area contributed by atoms with Crippen LogP contribution in [-0.4, -0.2) is 67.9 Å². The lowest BCUT2D eigenvalue weighted by atomic mass is 10.1. The van der Waals surface area contributed by atoms with Crippen LogP contribution in [0.25, 0.3) is 44.3 Å². The van der Waals surface area contributed by atoms with E-state index in [1.165, 1.54) is 0 Å². The molecule has 0 aliphatic carbocycles. The zero-order valence-electron chi connectivity index (χ0n) is 26.5. The molecule has 0 spiro atoms. The molecule has 9 heteroatoms. The van der Waals surface area contributed by atoms with E-state index in [0.29, 0.717) is 69.9 Å². The first-order valence-electron chi connectivity index (χ1n) is 16.0. The number of nitrogens with zero attached hydrogens (tertiary/aromatic N) is 2. The van der Waals surface area contributed by atoms with E-state index in [0.717, 1.165) is 55.8 Å². The minimum atomic E-state index is -0.123. The number of ether oxygens (including phenoxy) is 6. The largest absolute Gasteiger partial charge is 0.491 e. The van der Waals surface area contributed by atoms with Crippen molar-refractivity contribution in [2.45, 2.75) is 6.61 Å². The van der Waals surface area contributed by atoms with Gasteiger partial charge in [-0.15, -0.1) is 0 Å². The molecule has 2 aromatic heterocycles. The van der Waals surface area contributed by atoms with Crippen molar-refractivity contribution in [3.05, 3.63) is 109 Å². The lowest BCUT2D eigenvalue weighted by molar-refractivity contribution is 0.0746. The first-order valence-corrected chi connectivity index (χ1v) is 16.0. The summed E-state index contributed by atoms with van der Waals surface area (Å²) >= 11 is 0. The molecule has 9 rings (SSSR count). The van der Waals surface area contributed by atoms with E-state index in [1.54, 1.807) is 18.2 Å². The Morgan fingerprint density at radius 2 is 0.833 bits per heavy atom. The Balaban J connectivity index is 1.10. The van der Waals surface area contributed by atoms with Gasteiger partial charge in [-0.05, 0) is 78.4 Å². The van der Waals surface area contributed by atoms with Gasteiger partial charge in [0.15, 0.2) is 0 Å². The van der Waals surface area contributed by atoms with Crippen molar-refractivity contribution in [1.29, 1.82) is 0 Å². The van der Waals surface area contributed by atoms with Crippen LogP contribution in [0, 0.1) is 0 Å². The van der Waals surface area contributed by atoms with Crippen molar-refractivity contribution in [2.24, 2.45) is 0 Å². The fourth-order valence-electron chi connectivity index (χ4n) is 5.50. The SMILES string of the molecule is OCc1cc2cc(c1)OCCOCCOc1ccc(cc1)-c1ccc3ccc4ccc(nc4c3n1)-c1ccc(cc1)OCCOCCO2. The predicted molar refractivity (Wildman–Crippen MR) is 184 cm³/mol. The molecule has 4 aromatic carbocycles. The van der Waals surface area contributed by atoms with Gasteiger partial charge in [0.25, 0.3) is 0 Å². The number of aliphatic hydroxyl groups excluding tert-OH is 1. The maximum atomic E-state index is 9.69. The number of pyridine rings is 2. The number of aliphatic hydroxyl groups is 1. The van der Waals surface area contributed by atoms with Crippen molar-refractivity contribution in [1.82, 2.24) is 9.97 Å². The molecule has 10 bridgehead atoms. The Labute approximate surface area is 278 Å². The van der Waals surface area contributed by atoms with Crippen molar-refractivity contribution >= 4 is 21.8 Å². The van der Waals surface area contributed by atoms with Crippen LogP contribution in [-0.2, 0) is 16.1 Å². The molecule has 9 nitrogen and oxygen atoms in total. The first kappa shape index (κ1) is 31.4. The first-order chi connectivity index (χ1) is 23.7. The number of rotatable bonds is 1. The van der Waals surface area contributed by atoms with Gasteiger partial charge in [0.2, 0.25) is 0 Å². The summed E-state index contributed by atoms with van der Waals surface area (Å²) in [5.41, 5.74) is 6.11. The third kappa shape index (κ3) is 7.66. The Bertz CT molecular complexity index is 1840. The van der Waals surface area contributed by atoms with E-state index in [2.05, 4.69) is 24.3 Å². The average Bonchev–Trinajstić information content (AvgIpc) is 3.13. The lowest BCUT2D eigenvalue weighted by Gasteiger charge is -2.13. The van der Waals surface area contributed by atoms with Crippen LogP contribution >= 0.6 is 0 Å². The molecule has 48 heavy (non-hydrogen) atoms. The van der Waals surface area contributed by atoms with E-state index >= 15 is 0 Å². The average molecular weight is 645 g/mol. The van der Waals surface area contributed by atoms with Gasteiger partial charge in [-0.25, -0.2) is 9.97 Å². The number of fused-ring (bicyclic) bond motifs is 2. The summed E-state index contributed by atoms with van der Waals surface area (Å²) in [6.07, 6.45) is 0. The number of hydrogen-bond donors (Lipinski definition) is 1. The molecule has 244 valence electrons. The molecule has 5 heterocycles. The van der Waals surface area contributed by atoms with Gasteiger partial charge in [0.05, 0.1) is 55.5 Å². The third-order valence-corrected chi connectivity index (χ3v) is 7.93. The molecule has 0 fully saturated rings. The van der Waals surface area contributed by atoms with Crippen LogP contribution in [0.3, 0.4) is 0 Å². The van der Waals surface area contributed by atoms with E-state index < -0.39 is 0 Å². The normalized spacial score (nSPS) is 14.7. The zero-order chi connectivity index (χ0) is 32.5. The molecule has 0 saturated heterocycles. The number of aromatic nitrogens is 2. The van der Waals surface area contributed by atoms with Gasteiger partial charge in [-0.3, -0.25) is 0 Å². The molecular formula is C39H36N2O7. The molecule has 0 saturated carbocycles. The van der Waals surface area contributed by atoms with Gasteiger partial charge in [0, 0.05) is 28.0 Å². The van der Waals surface area contributed by atoms with Gasteiger partial charge in [0.1, 0.15) is 49.4 Å². The maximum absolute atomic E-state index is 9.69. The molecule has 3 aliphatic rings. The lowest BCUT2D eigenvalue weighted by Crippen LogP contribution is -2.13. The van der Waals surface area contributed by atoms with Crippen molar-refractivity contribution < 1.29 is 33.5 Å². The smallest absolute Gasteiger partial charge is 0.123 e. The van der Waals surface area contributed by atoms with Gasteiger partial charge >= 0.3 is 0 Å². The van der Waals surface area contributed by atoms with Crippen molar-refractivity contribution in [3.8, 4) is 45.5 Å². The highest BCUT2D eigenvalue weighted by atomic mass is 16.6. The van der Waals surface area contributed by atoms with Crippen LogP contribution in [0.2, 0.25) is 0 Å². The summed E-state index contributed by atoms with van der Waals surface area (Å²) in [5, 5.41) is 11.7. The third-order valence-electron chi connectivity index (χ3n) is 7.93. The fraction of sp³-hybridized carbons (Fsp3) is 0.231. The van der Waals surface area contributed by atoms with Gasteiger partial charge in [-0.2, -0.15) is 0 Å². The number of benzene rings is 4. The van der Waals surface area contributed by atoms with Gasteiger partial charge < -0.3 is 33.5 Å². The van der Waals surface area contributed by atoms with Crippen molar-refractivity contribution in [2.75, 3.05) is 52.9 Å². The monoisotopic (exact) mass is 644 g/mol. The van der Waals surface area contributed by atoms with Crippen LogP contribution in [0.5, 0.6) is 23.0 Å². The Kier molecular flexibility index (Phi) is 9.89. The van der Waals surface area contributed by atoms with Crippen molar-refractivity contribution in [3.63, 3.8) is 0 Å². The standard InChI is InChI=1S/C39H36N2O7/c42-26-27-23-34-25-35(24-27)48-22-18-44-16-20-46-33-11-5-29(6-12-33)37-14-8-31-2-1-30-7-13-36(40-38(30)39(31)41-37)28-3-9-32(10-4-28)45-19-15-43-17-21-47-34/h1-14,23-25,42H,15-22,26H2. The van der Waals surface area contributed by atoms with E-state index in [4.69, 9.17) is 38.4 Å². The highest BCUT2D eigenvalue weighted by Crippen LogP contribution is 2.30. The Morgan fingerprint density at radius 1 is 0.438 bits per heavy atom. The Morgan fingerprint density at radius 3 is 1.25 bits per heavy atom. The molecule has 0 amide bonds. The van der Waals surface area contributed by atoms with E-state index in [1.807, 2.05) is 60.7 Å². The van der Waals surface area contributed by atoms with Gasteiger partial charge in [-0.1, -0.05) is 24.3 Å². The summed E-state index contributed by atoms with van der Waals surface area (Å²) in [7, 11) is 0. The summed E-state index contributed by atoms with van der Waals surface area (Å²) in [6.45, 7) is 2.99. The fourth-order valence-corrected chi connectivity index (χ4v) is 5.50. The van der Waals surface area contributed by atoms with Crippen LogP contribution in [0.15, 0.2) is 103 Å². The van der Waals surface area contributed by atoms with Crippen LogP contribution < -0.4 is 18.9 Å². The highest BCUT2D eigenvalue weighted by molar-refractivity contribution is 6.04. The minimum absolute atomic E-state index is 0.123.